The number of rotatable bonds is 4. The van der Waals surface area contributed by atoms with Crippen molar-refractivity contribution >= 4 is 27.2 Å². The van der Waals surface area contributed by atoms with Gasteiger partial charge in [-0.05, 0) is 36.8 Å². The number of hydrogen-bond donors (Lipinski definition) is 1. The van der Waals surface area contributed by atoms with Crippen LogP contribution in [-0.2, 0) is 10.0 Å². The second-order valence-corrected chi connectivity index (χ2v) is 8.26. The molecule has 0 bridgehead atoms. The Hall–Kier alpha value is -0.980. The van der Waals surface area contributed by atoms with Crippen LogP contribution in [0.2, 0.25) is 0 Å². The minimum absolute atomic E-state index is 0.213. The van der Waals surface area contributed by atoms with Crippen LogP contribution in [0.3, 0.4) is 0 Å². The molecule has 0 aromatic heterocycles. The summed E-state index contributed by atoms with van der Waals surface area (Å²) in [6, 6.07) is 6.58. The van der Waals surface area contributed by atoms with E-state index < -0.39 is 10.0 Å². The fraction of sp³-hybridized carbons (Fsp3) is 0.533. The van der Waals surface area contributed by atoms with E-state index in [1.807, 2.05) is 0 Å². The highest BCUT2D eigenvalue weighted by Gasteiger charge is 2.30. The van der Waals surface area contributed by atoms with E-state index in [1.54, 1.807) is 28.6 Å². The number of benzene rings is 1. The fourth-order valence-electron chi connectivity index (χ4n) is 2.74. The molecule has 1 aliphatic heterocycles. The Bertz CT molecular complexity index is 618. The van der Waals surface area contributed by atoms with E-state index in [2.05, 4.69) is 13.8 Å². The van der Waals surface area contributed by atoms with E-state index in [-0.39, 0.29) is 9.88 Å². The molecule has 0 amide bonds. The van der Waals surface area contributed by atoms with Crippen LogP contribution >= 0.6 is 12.2 Å². The van der Waals surface area contributed by atoms with Gasteiger partial charge in [-0.15, -0.1) is 0 Å². The molecule has 0 unspecified atom stereocenters. The lowest BCUT2D eigenvalue weighted by Gasteiger charge is -2.33. The zero-order valence-electron chi connectivity index (χ0n) is 12.5. The molecular weight excluding hydrogens is 304 g/mol. The Balaban J connectivity index is 2.19. The van der Waals surface area contributed by atoms with Crippen molar-refractivity contribution in [1.82, 2.24) is 4.31 Å². The van der Waals surface area contributed by atoms with Gasteiger partial charge in [-0.25, -0.2) is 8.42 Å². The lowest BCUT2D eigenvalue weighted by Crippen LogP contribution is -2.39. The minimum atomic E-state index is -3.45. The van der Waals surface area contributed by atoms with Gasteiger partial charge in [0.2, 0.25) is 10.0 Å². The average Bonchev–Trinajstić information content (AvgIpc) is 2.47. The molecular formula is C15H22N2O2S2. The summed E-state index contributed by atoms with van der Waals surface area (Å²) in [4.78, 5) is 0.487. The second-order valence-electron chi connectivity index (χ2n) is 5.88. The largest absolute Gasteiger partial charge is 0.389 e. The summed E-state index contributed by atoms with van der Waals surface area (Å²) in [5.74, 6) is 1.21. The molecule has 1 aliphatic rings. The van der Waals surface area contributed by atoms with Gasteiger partial charge in [0.15, 0.2) is 0 Å². The maximum Gasteiger partial charge on any atom is 0.243 e. The highest BCUT2D eigenvalue weighted by atomic mass is 32.2. The first kappa shape index (κ1) is 16.4. The lowest BCUT2D eigenvalue weighted by molar-refractivity contribution is 0.226. The van der Waals surface area contributed by atoms with Crippen molar-refractivity contribution in [2.45, 2.75) is 31.6 Å². The average molecular weight is 326 g/mol. The van der Waals surface area contributed by atoms with Crippen LogP contribution in [0.5, 0.6) is 0 Å². The van der Waals surface area contributed by atoms with E-state index in [0.29, 0.717) is 30.5 Å². The molecule has 6 heteroatoms. The predicted molar refractivity (Wildman–Crippen MR) is 88.7 cm³/mol. The normalized spacial score (nSPS) is 18.0. The summed E-state index contributed by atoms with van der Waals surface area (Å²) in [6.07, 6.45) is 1.85. The van der Waals surface area contributed by atoms with Crippen molar-refractivity contribution < 1.29 is 8.42 Å². The highest BCUT2D eigenvalue weighted by molar-refractivity contribution is 7.89. The molecule has 1 heterocycles. The van der Waals surface area contributed by atoms with Gasteiger partial charge in [-0.3, -0.25) is 0 Å². The van der Waals surface area contributed by atoms with E-state index in [4.69, 9.17) is 18.0 Å². The van der Waals surface area contributed by atoms with Crippen LogP contribution in [0.25, 0.3) is 0 Å². The van der Waals surface area contributed by atoms with Crippen LogP contribution < -0.4 is 5.73 Å². The molecule has 0 saturated carbocycles. The van der Waals surface area contributed by atoms with Gasteiger partial charge in [-0.1, -0.05) is 38.2 Å². The number of nitrogens with zero attached hydrogens (tertiary/aromatic N) is 1. The standard InChI is InChI=1S/C15H22N2O2S2/c1-11(2)12-6-8-17(9-7-12)21(18,19)14-5-3-4-13(10-14)15(16)20/h3-5,10-12H,6-9H2,1-2H3,(H2,16,20). The van der Waals surface area contributed by atoms with E-state index >= 15 is 0 Å². The molecule has 116 valence electrons. The third kappa shape index (κ3) is 3.62. The molecule has 2 N–H and O–H groups in total. The molecule has 0 aliphatic carbocycles. The van der Waals surface area contributed by atoms with Crippen molar-refractivity contribution in [2.24, 2.45) is 17.6 Å². The number of nitrogens with two attached hydrogens (primary N) is 1. The summed E-state index contributed by atoms with van der Waals surface area (Å²) in [6.45, 7) is 5.56. The van der Waals surface area contributed by atoms with Gasteiger partial charge in [-0.2, -0.15) is 4.31 Å². The number of thiocarbonyl (C=S) groups is 1. The molecule has 21 heavy (non-hydrogen) atoms. The SMILES string of the molecule is CC(C)C1CCN(S(=O)(=O)c2cccc(C(N)=S)c2)CC1. The summed E-state index contributed by atoms with van der Waals surface area (Å²) >= 11 is 4.91. The molecule has 0 spiro atoms. The topological polar surface area (TPSA) is 63.4 Å². The third-order valence-corrected chi connectivity index (χ3v) is 6.33. The van der Waals surface area contributed by atoms with Crippen LogP contribution in [0.4, 0.5) is 0 Å². The Kier molecular flexibility index (Phi) is 5.01. The zero-order valence-corrected chi connectivity index (χ0v) is 14.1. The van der Waals surface area contributed by atoms with Crippen molar-refractivity contribution in [3.05, 3.63) is 29.8 Å². The number of sulfonamides is 1. The fourth-order valence-corrected chi connectivity index (χ4v) is 4.38. The van der Waals surface area contributed by atoms with Crippen LogP contribution in [0.15, 0.2) is 29.2 Å². The summed E-state index contributed by atoms with van der Waals surface area (Å²) in [5.41, 5.74) is 6.17. The van der Waals surface area contributed by atoms with Crippen molar-refractivity contribution in [2.75, 3.05) is 13.1 Å². The van der Waals surface area contributed by atoms with Gasteiger partial charge < -0.3 is 5.73 Å². The van der Waals surface area contributed by atoms with Crippen LogP contribution in [0.1, 0.15) is 32.3 Å². The first-order valence-corrected chi connectivity index (χ1v) is 9.07. The molecule has 2 rings (SSSR count). The Morgan fingerprint density at radius 1 is 1.33 bits per heavy atom. The number of hydrogen-bond acceptors (Lipinski definition) is 3. The predicted octanol–water partition coefficient (Wildman–Crippen LogP) is 2.38. The Morgan fingerprint density at radius 3 is 2.48 bits per heavy atom. The third-order valence-electron chi connectivity index (χ3n) is 4.20. The Labute approximate surface area is 132 Å². The van der Waals surface area contributed by atoms with E-state index in [0.717, 1.165) is 12.8 Å². The molecule has 1 fully saturated rings. The smallest absolute Gasteiger partial charge is 0.243 e. The van der Waals surface area contributed by atoms with Gasteiger partial charge in [0.1, 0.15) is 4.99 Å². The minimum Gasteiger partial charge on any atom is -0.389 e. The lowest BCUT2D eigenvalue weighted by atomic mass is 9.87. The Morgan fingerprint density at radius 2 is 1.95 bits per heavy atom. The summed E-state index contributed by atoms with van der Waals surface area (Å²) in [7, 11) is -3.45. The van der Waals surface area contributed by atoms with Crippen LogP contribution in [-0.4, -0.2) is 30.8 Å². The van der Waals surface area contributed by atoms with Gasteiger partial charge in [0.05, 0.1) is 4.90 Å². The summed E-state index contributed by atoms with van der Waals surface area (Å²) < 4.78 is 26.9. The van der Waals surface area contributed by atoms with Gasteiger partial charge in [0, 0.05) is 18.7 Å². The number of piperidine rings is 1. The first-order chi connectivity index (χ1) is 9.82. The maximum atomic E-state index is 12.7. The highest BCUT2D eigenvalue weighted by Crippen LogP contribution is 2.28. The molecule has 4 nitrogen and oxygen atoms in total. The second kappa shape index (κ2) is 6.42. The van der Waals surface area contributed by atoms with Crippen molar-refractivity contribution in [1.29, 1.82) is 0 Å². The quantitative estimate of drug-likeness (QED) is 0.863. The first-order valence-electron chi connectivity index (χ1n) is 7.22. The molecule has 1 aromatic carbocycles. The van der Waals surface area contributed by atoms with E-state index in [1.165, 1.54) is 0 Å². The maximum absolute atomic E-state index is 12.7. The van der Waals surface area contributed by atoms with Crippen molar-refractivity contribution in [3.8, 4) is 0 Å². The molecule has 1 saturated heterocycles. The van der Waals surface area contributed by atoms with E-state index in [9.17, 15) is 8.42 Å². The molecule has 1 aromatic rings. The van der Waals surface area contributed by atoms with Crippen molar-refractivity contribution in [3.63, 3.8) is 0 Å². The molecule has 0 atom stereocenters. The molecule has 0 radical (unpaired) electrons. The monoisotopic (exact) mass is 326 g/mol. The summed E-state index contributed by atoms with van der Waals surface area (Å²) in [5, 5.41) is 0. The van der Waals surface area contributed by atoms with Gasteiger partial charge >= 0.3 is 0 Å². The van der Waals surface area contributed by atoms with Crippen LogP contribution in [0, 0.1) is 11.8 Å². The zero-order chi connectivity index (χ0) is 15.6. The van der Waals surface area contributed by atoms with Gasteiger partial charge in [0.25, 0.3) is 0 Å².